The van der Waals surface area contributed by atoms with Gasteiger partial charge in [-0.2, -0.15) is 0 Å². The number of rotatable bonds is 4. The minimum atomic E-state index is -0.989. The van der Waals surface area contributed by atoms with Gasteiger partial charge in [-0.3, -0.25) is 19.7 Å². The lowest BCUT2D eigenvalue weighted by Crippen LogP contribution is -2.17. The minimum absolute atomic E-state index is 0.0727. The second kappa shape index (κ2) is 4.92. The van der Waals surface area contributed by atoms with Crippen LogP contribution in [0, 0.1) is 35.8 Å². The quantitative estimate of drug-likeness (QED) is 0.645. The van der Waals surface area contributed by atoms with E-state index in [4.69, 9.17) is 5.11 Å². The molecule has 0 spiro atoms. The SMILES string of the molecule is Cc1cc(C)c([N+](=O)[O-])cc1NC(=O)C1CC1C(=O)O. The van der Waals surface area contributed by atoms with Crippen LogP contribution in [0.25, 0.3) is 0 Å². The molecular formula is C13H14N2O5. The number of benzene rings is 1. The van der Waals surface area contributed by atoms with Crippen LogP contribution >= 0.6 is 0 Å². The van der Waals surface area contributed by atoms with E-state index in [1.54, 1.807) is 19.9 Å². The number of aryl methyl sites for hydroxylation is 2. The van der Waals surface area contributed by atoms with Crippen molar-refractivity contribution >= 4 is 23.3 Å². The van der Waals surface area contributed by atoms with E-state index in [0.29, 0.717) is 23.2 Å². The fourth-order valence-corrected chi connectivity index (χ4v) is 2.16. The lowest BCUT2D eigenvalue weighted by Gasteiger charge is -2.09. The molecule has 2 atom stereocenters. The maximum absolute atomic E-state index is 11.9. The Kier molecular flexibility index (Phi) is 3.44. The minimum Gasteiger partial charge on any atom is -0.481 e. The van der Waals surface area contributed by atoms with Gasteiger partial charge >= 0.3 is 5.97 Å². The number of hydrogen-bond donors (Lipinski definition) is 2. The smallest absolute Gasteiger partial charge is 0.307 e. The van der Waals surface area contributed by atoms with Crippen molar-refractivity contribution in [2.24, 2.45) is 11.8 Å². The van der Waals surface area contributed by atoms with Gasteiger partial charge in [-0.15, -0.1) is 0 Å². The number of anilines is 1. The van der Waals surface area contributed by atoms with E-state index in [1.165, 1.54) is 6.07 Å². The van der Waals surface area contributed by atoms with Crippen LogP contribution in [-0.4, -0.2) is 21.9 Å². The lowest BCUT2D eigenvalue weighted by molar-refractivity contribution is -0.385. The first-order valence-electron chi connectivity index (χ1n) is 6.10. The number of amides is 1. The third-order valence-corrected chi connectivity index (χ3v) is 3.44. The van der Waals surface area contributed by atoms with Crippen molar-refractivity contribution in [2.45, 2.75) is 20.3 Å². The number of carboxylic acid groups (broad SMARTS) is 1. The van der Waals surface area contributed by atoms with Gasteiger partial charge < -0.3 is 10.4 Å². The van der Waals surface area contributed by atoms with E-state index < -0.39 is 28.6 Å². The highest BCUT2D eigenvalue weighted by molar-refractivity contribution is 5.98. The lowest BCUT2D eigenvalue weighted by atomic mass is 10.1. The molecule has 1 saturated carbocycles. The molecule has 2 N–H and O–H groups in total. The molecule has 1 amide bonds. The van der Waals surface area contributed by atoms with E-state index in [1.807, 2.05) is 0 Å². The van der Waals surface area contributed by atoms with Crippen LogP contribution in [0.3, 0.4) is 0 Å². The first-order chi connectivity index (χ1) is 9.31. The van der Waals surface area contributed by atoms with E-state index in [0.717, 1.165) is 0 Å². The standard InChI is InChI=1S/C13H14N2O5/c1-6-3-7(2)11(15(19)20)5-10(6)14-12(16)8-4-9(8)13(17)18/h3,5,8-9H,4H2,1-2H3,(H,14,16)(H,17,18). The second-order valence-corrected chi connectivity index (χ2v) is 4.99. The Morgan fingerprint density at radius 1 is 1.30 bits per heavy atom. The van der Waals surface area contributed by atoms with Gasteiger partial charge in [0.15, 0.2) is 0 Å². The van der Waals surface area contributed by atoms with Gasteiger partial charge in [0.2, 0.25) is 5.91 Å². The second-order valence-electron chi connectivity index (χ2n) is 4.99. The summed E-state index contributed by atoms with van der Waals surface area (Å²) in [5.74, 6) is -2.58. The van der Waals surface area contributed by atoms with Crippen LogP contribution in [-0.2, 0) is 9.59 Å². The first-order valence-corrected chi connectivity index (χ1v) is 6.10. The summed E-state index contributed by atoms with van der Waals surface area (Å²) in [4.78, 5) is 32.9. The summed E-state index contributed by atoms with van der Waals surface area (Å²) in [7, 11) is 0. The predicted octanol–water partition coefficient (Wildman–Crippen LogP) is 1.87. The molecule has 20 heavy (non-hydrogen) atoms. The number of nitro benzene ring substituents is 1. The monoisotopic (exact) mass is 278 g/mol. The Labute approximate surface area is 114 Å². The summed E-state index contributed by atoms with van der Waals surface area (Å²) in [6, 6.07) is 2.93. The van der Waals surface area contributed by atoms with Gasteiger partial charge in [-0.1, -0.05) is 0 Å². The molecule has 1 aliphatic rings. The van der Waals surface area contributed by atoms with Crippen molar-refractivity contribution in [1.29, 1.82) is 0 Å². The Morgan fingerprint density at radius 3 is 2.45 bits per heavy atom. The summed E-state index contributed by atoms with van der Waals surface area (Å²) >= 11 is 0. The van der Waals surface area contributed by atoms with Crippen molar-refractivity contribution in [3.63, 3.8) is 0 Å². The number of nitrogens with zero attached hydrogens (tertiary/aromatic N) is 1. The summed E-state index contributed by atoms with van der Waals surface area (Å²) in [6.45, 7) is 3.35. The van der Waals surface area contributed by atoms with Crippen LogP contribution in [0.15, 0.2) is 12.1 Å². The number of carbonyl (C=O) groups excluding carboxylic acids is 1. The van der Waals surface area contributed by atoms with E-state index in [9.17, 15) is 19.7 Å². The summed E-state index contributed by atoms with van der Waals surface area (Å²) in [6.07, 6.45) is 0.314. The van der Waals surface area contributed by atoms with Gasteiger partial charge in [-0.25, -0.2) is 0 Å². The molecule has 106 valence electrons. The number of carbonyl (C=O) groups is 2. The van der Waals surface area contributed by atoms with Crippen LogP contribution in [0.2, 0.25) is 0 Å². The Balaban J connectivity index is 2.18. The van der Waals surface area contributed by atoms with E-state index >= 15 is 0 Å². The van der Waals surface area contributed by atoms with Crippen LogP contribution in [0.4, 0.5) is 11.4 Å². The van der Waals surface area contributed by atoms with Crippen molar-refractivity contribution < 1.29 is 19.6 Å². The van der Waals surface area contributed by atoms with Gasteiger partial charge in [0.25, 0.3) is 5.69 Å². The number of carboxylic acids is 1. The predicted molar refractivity (Wildman–Crippen MR) is 70.4 cm³/mol. The fraction of sp³-hybridized carbons (Fsp3) is 0.385. The Hall–Kier alpha value is -2.44. The van der Waals surface area contributed by atoms with Gasteiger partial charge in [0.05, 0.1) is 22.4 Å². The van der Waals surface area contributed by atoms with Crippen LogP contribution in [0.1, 0.15) is 17.5 Å². The highest BCUT2D eigenvalue weighted by Crippen LogP contribution is 2.40. The topological polar surface area (TPSA) is 110 Å². The highest BCUT2D eigenvalue weighted by Gasteiger charge is 2.48. The molecular weight excluding hydrogens is 264 g/mol. The molecule has 1 fully saturated rings. The third-order valence-electron chi connectivity index (χ3n) is 3.44. The molecule has 0 bridgehead atoms. The summed E-state index contributed by atoms with van der Waals surface area (Å²) in [5.41, 5.74) is 1.49. The normalized spacial score (nSPS) is 20.3. The average molecular weight is 278 g/mol. The molecule has 1 aliphatic carbocycles. The Bertz CT molecular complexity index is 611. The molecule has 0 aliphatic heterocycles. The summed E-state index contributed by atoms with van der Waals surface area (Å²) < 4.78 is 0. The number of aliphatic carboxylic acids is 1. The molecule has 0 aromatic heterocycles. The number of nitrogens with one attached hydrogen (secondary N) is 1. The van der Waals surface area contributed by atoms with E-state index in [2.05, 4.69) is 5.32 Å². The van der Waals surface area contributed by atoms with Crippen molar-refractivity contribution in [1.82, 2.24) is 0 Å². The molecule has 2 rings (SSSR count). The van der Waals surface area contributed by atoms with Gasteiger partial charge in [-0.05, 0) is 31.9 Å². The maximum Gasteiger partial charge on any atom is 0.307 e. The van der Waals surface area contributed by atoms with Gasteiger partial charge in [0.1, 0.15) is 0 Å². The molecule has 1 aromatic rings. The third kappa shape index (κ3) is 2.61. The van der Waals surface area contributed by atoms with Crippen molar-refractivity contribution in [2.75, 3.05) is 5.32 Å². The van der Waals surface area contributed by atoms with Crippen molar-refractivity contribution in [3.8, 4) is 0 Å². The zero-order valence-corrected chi connectivity index (χ0v) is 11.0. The zero-order valence-electron chi connectivity index (χ0n) is 11.0. The largest absolute Gasteiger partial charge is 0.481 e. The molecule has 7 nitrogen and oxygen atoms in total. The molecule has 1 aromatic carbocycles. The maximum atomic E-state index is 11.9. The first kappa shape index (κ1) is 14.0. The zero-order chi connectivity index (χ0) is 15.0. The van der Waals surface area contributed by atoms with Crippen LogP contribution in [0.5, 0.6) is 0 Å². The van der Waals surface area contributed by atoms with Crippen molar-refractivity contribution in [3.05, 3.63) is 33.4 Å². The summed E-state index contributed by atoms with van der Waals surface area (Å²) in [5, 5.41) is 22.2. The fourth-order valence-electron chi connectivity index (χ4n) is 2.16. The average Bonchev–Trinajstić information content (AvgIpc) is 3.12. The highest BCUT2D eigenvalue weighted by atomic mass is 16.6. The molecule has 0 radical (unpaired) electrons. The van der Waals surface area contributed by atoms with Gasteiger partial charge in [0, 0.05) is 11.6 Å². The van der Waals surface area contributed by atoms with Crippen LogP contribution < -0.4 is 5.32 Å². The number of nitro groups is 1. The Morgan fingerprint density at radius 2 is 1.95 bits per heavy atom. The molecule has 0 saturated heterocycles. The number of hydrogen-bond acceptors (Lipinski definition) is 4. The van der Waals surface area contributed by atoms with E-state index in [-0.39, 0.29) is 5.69 Å². The molecule has 0 heterocycles. The molecule has 2 unspecified atom stereocenters. The molecule has 7 heteroatoms.